The van der Waals surface area contributed by atoms with Crippen LogP contribution in [0.25, 0.3) is 0 Å². The van der Waals surface area contributed by atoms with Crippen LogP contribution in [0, 0.1) is 0 Å². The highest BCUT2D eigenvalue weighted by Crippen LogP contribution is 2.22. The van der Waals surface area contributed by atoms with Gasteiger partial charge in [0.1, 0.15) is 5.60 Å². The van der Waals surface area contributed by atoms with Crippen LogP contribution in [0.3, 0.4) is 0 Å². The molecule has 0 radical (unpaired) electrons. The van der Waals surface area contributed by atoms with Crippen LogP contribution in [0.1, 0.15) is 33.6 Å². The van der Waals surface area contributed by atoms with Crippen LogP contribution in [-0.4, -0.2) is 59.1 Å². The number of amides is 2. The van der Waals surface area contributed by atoms with Gasteiger partial charge in [0.15, 0.2) is 0 Å². The third-order valence-corrected chi connectivity index (χ3v) is 3.44. The van der Waals surface area contributed by atoms with Gasteiger partial charge in [-0.2, -0.15) is 0 Å². The van der Waals surface area contributed by atoms with Gasteiger partial charge < -0.3 is 20.3 Å². The van der Waals surface area contributed by atoms with Crippen LogP contribution in [-0.2, 0) is 9.53 Å². The van der Waals surface area contributed by atoms with Gasteiger partial charge in [-0.1, -0.05) is 0 Å². The van der Waals surface area contributed by atoms with Crippen LogP contribution in [0.2, 0.25) is 0 Å². The van der Waals surface area contributed by atoms with E-state index in [9.17, 15) is 9.59 Å². The van der Waals surface area contributed by atoms with Gasteiger partial charge in [-0.05, 0) is 27.2 Å². The fraction of sp³-hybridized carbons (Fsp3) is 0.846. The van der Waals surface area contributed by atoms with Crippen molar-refractivity contribution in [3.63, 3.8) is 0 Å². The lowest BCUT2D eigenvalue weighted by Gasteiger charge is -2.26. The molecular formula is C13H23N3O3. The summed E-state index contributed by atoms with van der Waals surface area (Å²) in [6.45, 7) is 7.34. The number of nitrogens with two attached hydrogens (primary N) is 1. The number of hydrogen-bond donors (Lipinski definition) is 1. The number of carbonyl (C=O) groups excluding carboxylic acids is 2. The summed E-state index contributed by atoms with van der Waals surface area (Å²) in [6, 6.07) is 0.0247. The molecule has 0 aliphatic carbocycles. The molecule has 2 rings (SSSR count). The van der Waals surface area contributed by atoms with E-state index in [1.165, 1.54) is 0 Å². The first-order chi connectivity index (χ1) is 8.76. The summed E-state index contributed by atoms with van der Waals surface area (Å²) in [5, 5.41) is 0. The molecule has 0 spiro atoms. The predicted molar refractivity (Wildman–Crippen MR) is 70.5 cm³/mol. The first kappa shape index (κ1) is 14.1. The highest BCUT2D eigenvalue weighted by molar-refractivity contribution is 5.80. The Morgan fingerprint density at radius 1 is 1.37 bits per heavy atom. The fourth-order valence-corrected chi connectivity index (χ4v) is 2.60. The van der Waals surface area contributed by atoms with E-state index in [1.54, 1.807) is 4.90 Å². The first-order valence-corrected chi connectivity index (χ1v) is 6.79. The zero-order chi connectivity index (χ0) is 14.2. The van der Waals surface area contributed by atoms with Gasteiger partial charge in [0.25, 0.3) is 0 Å². The summed E-state index contributed by atoms with van der Waals surface area (Å²) in [6.07, 6.45) is 0.923. The summed E-state index contributed by atoms with van der Waals surface area (Å²) in [7, 11) is 0. The maximum Gasteiger partial charge on any atom is 0.410 e. The zero-order valence-corrected chi connectivity index (χ0v) is 11.9. The maximum absolute atomic E-state index is 11.9. The Morgan fingerprint density at radius 2 is 2.05 bits per heavy atom. The van der Waals surface area contributed by atoms with Crippen LogP contribution in [0.5, 0.6) is 0 Å². The minimum Gasteiger partial charge on any atom is -0.444 e. The Bertz CT molecular complexity index is 378. The van der Waals surface area contributed by atoms with Gasteiger partial charge in [-0.25, -0.2) is 4.79 Å². The second-order valence-corrected chi connectivity index (χ2v) is 6.38. The average molecular weight is 269 g/mol. The van der Waals surface area contributed by atoms with Gasteiger partial charge >= 0.3 is 6.09 Å². The summed E-state index contributed by atoms with van der Waals surface area (Å²) in [5.41, 5.74) is 5.31. The summed E-state index contributed by atoms with van der Waals surface area (Å²) < 4.78 is 5.34. The van der Waals surface area contributed by atoms with Gasteiger partial charge in [-0.3, -0.25) is 4.79 Å². The average Bonchev–Trinajstić information content (AvgIpc) is 2.82. The predicted octanol–water partition coefficient (Wildman–Crippen LogP) is 0.555. The molecule has 2 fully saturated rings. The Hall–Kier alpha value is -1.30. The van der Waals surface area contributed by atoms with Gasteiger partial charge in [0, 0.05) is 32.1 Å². The molecule has 2 N–H and O–H groups in total. The third kappa shape index (κ3) is 3.37. The molecule has 0 saturated carbocycles. The fourth-order valence-electron chi connectivity index (χ4n) is 2.60. The minimum absolute atomic E-state index is 0.0666. The molecule has 2 unspecified atom stereocenters. The zero-order valence-electron chi connectivity index (χ0n) is 11.9. The first-order valence-electron chi connectivity index (χ1n) is 6.79. The Balaban J connectivity index is 1.90. The number of nitrogens with zero attached hydrogens (tertiary/aromatic N) is 2. The van der Waals surface area contributed by atoms with E-state index in [0.717, 1.165) is 6.42 Å². The Kier molecular flexibility index (Phi) is 3.71. The van der Waals surface area contributed by atoms with Crippen molar-refractivity contribution in [1.82, 2.24) is 9.80 Å². The van der Waals surface area contributed by atoms with Crippen LogP contribution in [0.15, 0.2) is 0 Å². The molecule has 0 bridgehead atoms. The molecule has 2 aliphatic rings. The van der Waals surface area contributed by atoms with Crippen LogP contribution >= 0.6 is 0 Å². The van der Waals surface area contributed by atoms with Crippen molar-refractivity contribution in [1.29, 1.82) is 0 Å². The second kappa shape index (κ2) is 5.00. The molecule has 2 heterocycles. The van der Waals surface area contributed by atoms with E-state index in [-0.39, 0.29) is 24.1 Å². The third-order valence-electron chi connectivity index (χ3n) is 3.44. The number of likely N-dealkylation sites (tertiary alicyclic amines) is 2. The van der Waals surface area contributed by atoms with E-state index in [0.29, 0.717) is 26.1 Å². The Morgan fingerprint density at radius 3 is 2.58 bits per heavy atom. The van der Waals surface area contributed by atoms with Crippen molar-refractivity contribution in [2.45, 2.75) is 51.3 Å². The molecule has 0 aromatic rings. The summed E-state index contributed by atoms with van der Waals surface area (Å²) in [4.78, 5) is 27.2. The molecule has 2 aliphatic heterocycles. The molecule has 0 aromatic carbocycles. The number of carbonyl (C=O) groups is 2. The quantitative estimate of drug-likeness (QED) is 0.754. The molecule has 0 aromatic heterocycles. The van der Waals surface area contributed by atoms with Gasteiger partial charge in [0.05, 0.1) is 6.04 Å². The topological polar surface area (TPSA) is 75.9 Å². The largest absolute Gasteiger partial charge is 0.444 e. The standard InChI is InChI=1S/C13H23N3O3/c1-13(2,3)19-12(18)15-5-4-10(8-15)16-7-9(14)6-11(16)17/h9-10H,4-8,14H2,1-3H3. The molecule has 6 nitrogen and oxygen atoms in total. The number of ether oxygens (including phenoxy) is 1. The lowest BCUT2D eigenvalue weighted by atomic mass is 10.2. The summed E-state index contributed by atoms with van der Waals surface area (Å²) in [5.74, 6) is 0.100. The lowest BCUT2D eigenvalue weighted by Crippen LogP contribution is -2.41. The van der Waals surface area contributed by atoms with Gasteiger partial charge in [0.2, 0.25) is 5.91 Å². The van der Waals surface area contributed by atoms with E-state index in [4.69, 9.17) is 10.5 Å². The molecular weight excluding hydrogens is 246 g/mol. The van der Waals surface area contributed by atoms with Crippen molar-refractivity contribution in [2.75, 3.05) is 19.6 Å². The van der Waals surface area contributed by atoms with Gasteiger partial charge in [-0.15, -0.1) is 0 Å². The second-order valence-electron chi connectivity index (χ2n) is 6.38. The van der Waals surface area contributed by atoms with Crippen molar-refractivity contribution < 1.29 is 14.3 Å². The molecule has 6 heteroatoms. The van der Waals surface area contributed by atoms with Crippen LogP contribution < -0.4 is 5.73 Å². The maximum atomic E-state index is 11.9. The molecule has 108 valence electrons. The smallest absolute Gasteiger partial charge is 0.410 e. The van der Waals surface area contributed by atoms with Crippen LogP contribution in [0.4, 0.5) is 4.79 Å². The highest BCUT2D eigenvalue weighted by Gasteiger charge is 2.38. The van der Waals surface area contributed by atoms with Crippen molar-refractivity contribution in [3.05, 3.63) is 0 Å². The highest BCUT2D eigenvalue weighted by atomic mass is 16.6. The lowest BCUT2D eigenvalue weighted by molar-refractivity contribution is -0.129. The minimum atomic E-state index is -0.485. The van der Waals surface area contributed by atoms with E-state index >= 15 is 0 Å². The van der Waals surface area contributed by atoms with Crippen molar-refractivity contribution >= 4 is 12.0 Å². The summed E-state index contributed by atoms with van der Waals surface area (Å²) >= 11 is 0. The molecule has 2 saturated heterocycles. The van der Waals surface area contributed by atoms with Crippen molar-refractivity contribution in [2.24, 2.45) is 5.73 Å². The van der Waals surface area contributed by atoms with E-state index in [2.05, 4.69) is 0 Å². The normalized spacial score (nSPS) is 28.1. The molecule has 2 atom stereocenters. The molecule has 2 amide bonds. The van der Waals surface area contributed by atoms with E-state index in [1.807, 2.05) is 25.7 Å². The Labute approximate surface area is 113 Å². The SMILES string of the molecule is CC(C)(C)OC(=O)N1CCC(N2CC(N)CC2=O)C1. The van der Waals surface area contributed by atoms with E-state index < -0.39 is 5.60 Å². The van der Waals surface area contributed by atoms with Crippen molar-refractivity contribution in [3.8, 4) is 0 Å². The molecule has 19 heavy (non-hydrogen) atoms. The number of rotatable bonds is 1. The monoisotopic (exact) mass is 269 g/mol. The number of hydrogen-bond acceptors (Lipinski definition) is 4.